The minimum absolute atomic E-state index is 0.00391. The summed E-state index contributed by atoms with van der Waals surface area (Å²) < 4.78 is 27.5. The number of likely N-dealkylation sites (N-methyl/N-ethyl adjacent to an activating group) is 1. The van der Waals surface area contributed by atoms with Crippen LogP contribution in [-0.4, -0.2) is 44.3 Å². The molecule has 8 heteroatoms. The molecule has 2 rings (SSSR count). The monoisotopic (exact) mass is 417 g/mol. The van der Waals surface area contributed by atoms with Gasteiger partial charge in [-0.1, -0.05) is 23.8 Å². The molecule has 156 valence electrons. The molecule has 29 heavy (non-hydrogen) atoms. The van der Waals surface area contributed by atoms with Crippen LogP contribution in [-0.2, 0) is 14.8 Å². The number of sulfonamides is 1. The van der Waals surface area contributed by atoms with E-state index in [1.54, 1.807) is 32.9 Å². The highest BCUT2D eigenvalue weighted by molar-refractivity contribution is 7.89. The zero-order valence-corrected chi connectivity index (χ0v) is 18.1. The smallest absolute Gasteiger partial charge is 0.254 e. The minimum atomic E-state index is -3.77. The zero-order chi connectivity index (χ0) is 21.8. The Morgan fingerprint density at radius 1 is 1.03 bits per heavy atom. The van der Waals surface area contributed by atoms with Crippen LogP contribution in [0.2, 0.25) is 0 Å². The maximum atomic E-state index is 12.7. The number of nitrogens with zero attached hydrogens (tertiary/aromatic N) is 1. The summed E-state index contributed by atoms with van der Waals surface area (Å²) in [6.45, 7) is 6.99. The van der Waals surface area contributed by atoms with Crippen LogP contribution in [0.25, 0.3) is 0 Å². The first kappa shape index (κ1) is 22.6. The molecule has 0 aliphatic heterocycles. The lowest BCUT2D eigenvalue weighted by molar-refractivity contribution is -0.116. The number of aryl methyl sites for hydroxylation is 1. The second-order valence-electron chi connectivity index (χ2n) is 7.96. The average Bonchev–Trinajstić information content (AvgIpc) is 2.61. The van der Waals surface area contributed by atoms with Crippen LogP contribution in [0.1, 0.15) is 36.7 Å². The van der Waals surface area contributed by atoms with Gasteiger partial charge in [-0.3, -0.25) is 9.59 Å². The van der Waals surface area contributed by atoms with Gasteiger partial charge in [0.15, 0.2) is 0 Å². The fraction of sp³-hybridized carbons (Fsp3) is 0.333. The summed E-state index contributed by atoms with van der Waals surface area (Å²) in [6.07, 6.45) is 0. The fourth-order valence-electron chi connectivity index (χ4n) is 2.60. The summed E-state index contributed by atoms with van der Waals surface area (Å²) in [6, 6.07) is 13.1. The van der Waals surface area contributed by atoms with E-state index in [4.69, 9.17) is 0 Å². The Morgan fingerprint density at radius 2 is 1.66 bits per heavy atom. The van der Waals surface area contributed by atoms with Crippen molar-refractivity contribution in [1.29, 1.82) is 0 Å². The molecule has 0 aromatic heterocycles. The fourth-order valence-corrected chi connectivity index (χ4v) is 4.07. The van der Waals surface area contributed by atoms with E-state index in [0.29, 0.717) is 5.69 Å². The molecule has 0 atom stereocenters. The molecule has 0 fully saturated rings. The topological polar surface area (TPSA) is 95.6 Å². The predicted octanol–water partition coefficient (Wildman–Crippen LogP) is 2.78. The summed E-state index contributed by atoms with van der Waals surface area (Å²) in [5.74, 6) is -0.792. The number of hydrogen-bond donors (Lipinski definition) is 2. The number of benzene rings is 2. The van der Waals surface area contributed by atoms with E-state index in [1.807, 2.05) is 19.1 Å². The van der Waals surface area contributed by atoms with E-state index in [1.165, 1.54) is 36.2 Å². The molecule has 7 nitrogen and oxygen atoms in total. The molecular formula is C21H27N3O4S. The number of carbonyl (C=O) groups is 2. The van der Waals surface area contributed by atoms with E-state index in [0.717, 1.165) is 5.56 Å². The van der Waals surface area contributed by atoms with Gasteiger partial charge in [0.05, 0.1) is 11.4 Å². The molecular weight excluding hydrogens is 390 g/mol. The van der Waals surface area contributed by atoms with Gasteiger partial charge in [0, 0.05) is 23.8 Å². The van der Waals surface area contributed by atoms with Gasteiger partial charge in [-0.25, -0.2) is 13.1 Å². The van der Waals surface area contributed by atoms with Crippen LogP contribution >= 0.6 is 0 Å². The highest BCUT2D eigenvalue weighted by atomic mass is 32.2. The largest absolute Gasteiger partial charge is 0.332 e. The van der Waals surface area contributed by atoms with Gasteiger partial charge in [0.25, 0.3) is 5.91 Å². The van der Waals surface area contributed by atoms with Crippen molar-refractivity contribution < 1.29 is 18.0 Å². The van der Waals surface area contributed by atoms with Crippen LogP contribution in [0, 0.1) is 6.92 Å². The molecule has 0 radical (unpaired) electrons. The number of nitrogens with one attached hydrogen (secondary N) is 2. The lowest BCUT2D eigenvalue weighted by Crippen LogP contribution is -2.40. The highest BCUT2D eigenvalue weighted by Crippen LogP contribution is 2.16. The first-order valence-corrected chi connectivity index (χ1v) is 10.6. The van der Waals surface area contributed by atoms with Crippen molar-refractivity contribution in [1.82, 2.24) is 9.62 Å². The third kappa shape index (κ3) is 6.69. The Morgan fingerprint density at radius 3 is 2.24 bits per heavy atom. The van der Waals surface area contributed by atoms with Crippen molar-refractivity contribution in [3.05, 3.63) is 59.7 Å². The Bertz CT molecular complexity index is 993. The molecule has 0 saturated heterocycles. The molecule has 0 aliphatic rings. The molecule has 0 unspecified atom stereocenters. The van der Waals surface area contributed by atoms with Crippen molar-refractivity contribution in [3.8, 4) is 0 Å². The molecule has 0 bridgehead atoms. The molecule has 2 aromatic carbocycles. The van der Waals surface area contributed by atoms with Gasteiger partial charge < -0.3 is 10.2 Å². The first-order chi connectivity index (χ1) is 13.4. The van der Waals surface area contributed by atoms with E-state index < -0.39 is 21.5 Å². The van der Waals surface area contributed by atoms with Gasteiger partial charge in [-0.05, 0) is 58.0 Å². The molecule has 0 spiro atoms. The molecule has 0 heterocycles. The second kappa shape index (κ2) is 8.75. The maximum Gasteiger partial charge on any atom is 0.254 e. The van der Waals surface area contributed by atoms with Gasteiger partial charge in [-0.15, -0.1) is 0 Å². The van der Waals surface area contributed by atoms with Gasteiger partial charge >= 0.3 is 0 Å². The molecule has 2 aromatic rings. The van der Waals surface area contributed by atoms with E-state index in [9.17, 15) is 18.0 Å². The van der Waals surface area contributed by atoms with Crippen molar-refractivity contribution >= 4 is 27.5 Å². The summed E-state index contributed by atoms with van der Waals surface area (Å²) in [5.41, 5.74) is 1.25. The number of amides is 2. The van der Waals surface area contributed by atoms with E-state index in [-0.39, 0.29) is 22.9 Å². The summed E-state index contributed by atoms with van der Waals surface area (Å²) in [4.78, 5) is 26.1. The zero-order valence-electron chi connectivity index (χ0n) is 17.3. The molecule has 0 aliphatic carbocycles. The Labute approximate surface area is 172 Å². The first-order valence-electron chi connectivity index (χ1n) is 9.13. The standard InChI is InChI=1S/C21H27N3O4S/c1-15-9-11-17(12-10-15)22-19(25)14-24(5)20(26)16-7-6-8-18(13-16)29(27,28)23-21(2,3)4/h6-13,23H,14H2,1-5H3,(H,22,25). The number of rotatable bonds is 6. The van der Waals surface area contributed by atoms with Crippen LogP contribution in [0.15, 0.2) is 53.4 Å². The number of anilines is 1. The Kier molecular flexibility index (Phi) is 6.81. The molecule has 2 amide bonds. The predicted molar refractivity (Wildman–Crippen MR) is 113 cm³/mol. The highest BCUT2D eigenvalue weighted by Gasteiger charge is 2.23. The van der Waals surface area contributed by atoms with Gasteiger partial charge in [-0.2, -0.15) is 0 Å². The Balaban J connectivity index is 2.09. The SMILES string of the molecule is Cc1ccc(NC(=O)CN(C)C(=O)c2cccc(S(=O)(=O)NC(C)(C)C)c2)cc1. The average molecular weight is 418 g/mol. The maximum absolute atomic E-state index is 12.7. The normalized spacial score (nSPS) is 11.8. The third-order valence-corrected chi connectivity index (χ3v) is 5.65. The summed E-state index contributed by atoms with van der Waals surface area (Å²) >= 11 is 0. The minimum Gasteiger partial charge on any atom is -0.332 e. The van der Waals surface area contributed by atoms with Crippen LogP contribution in [0.5, 0.6) is 0 Å². The van der Waals surface area contributed by atoms with Crippen molar-refractivity contribution in [2.75, 3.05) is 18.9 Å². The second-order valence-corrected chi connectivity index (χ2v) is 9.64. The molecule has 2 N–H and O–H groups in total. The number of carbonyl (C=O) groups excluding carboxylic acids is 2. The van der Waals surface area contributed by atoms with Crippen LogP contribution < -0.4 is 10.0 Å². The summed E-state index contributed by atoms with van der Waals surface area (Å²) in [7, 11) is -2.28. The van der Waals surface area contributed by atoms with Crippen LogP contribution in [0.4, 0.5) is 5.69 Å². The van der Waals surface area contributed by atoms with E-state index >= 15 is 0 Å². The van der Waals surface area contributed by atoms with Crippen molar-refractivity contribution in [2.45, 2.75) is 38.1 Å². The lowest BCUT2D eigenvalue weighted by Gasteiger charge is -2.21. The third-order valence-electron chi connectivity index (χ3n) is 3.89. The van der Waals surface area contributed by atoms with Crippen molar-refractivity contribution in [3.63, 3.8) is 0 Å². The lowest BCUT2D eigenvalue weighted by atomic mass is 10.1. The van der Waals surface area contributed by atoms with E-state index in [2.05, 4.69) is 10.0 Å². The Hall–Kier alpha value is -2.71. The number of hydrogen-bond acceptors (Lipinski definition) is 4. The van der Waals surface area contributed by atoms with Gasteiger partial charge in [0.1, 0.15) is 0 Å². The van der Waals surface area contributed by atoms with Crippen molar-refractivity contribution in [2.24, 2.45) is 0 Å². The quantitative estimate of drug-likeness (QED) is 0.755. The van der Waals surface area contributed by atoms with Crippen LogP contribution in [0.3, 0.4) is 0 Å². The summed E-state index contributed by atoms with van der Waals surface area (Å²) in [5, 5.41) is 2.73. The van der Waals surface area contributed by atoms with Gasteiger partial charge in [0.2, 0.25) is 15.9 Å². The molecule has 0 saturated carbocycles.